The highest BCUT2D eigenvalue weighted by Crippen LogP contribution is 2.25. The van der Waals surface area contributed by atoms with Gasteiger partial charge in [0.25, 0.3) is 6.33 Å². The van der Waals surface area contributed by atoms with Gasteiger partial charge >= 0.3 is 0 Å². The molecule has 0 unspecified atom stereocenters. The maximum atomic E-state index is 5.50. The van der Waals surface area contributed by atoms with Crippen molar-refractivity contribution in [2.24, 2.45) is 0 Å². The molecule has 0 bridgehead atoms. The molecule has 5 heteroatoms. The summed E-state index contributed by atoms with van der Waals surface area (Å²) in [5.41, 5.74) is 4.34. The first-order valence-corrected chi connectivity index (χ1v) is 7.54. The third kappa shape index (κ3) is 2.97. The van der Waals surface area contributed by atoms with E-state index < -0.39 is 0 Å². The molecule has 24 heavy (non-hydrogen) atoms. The van der Waals surface area contributed by atoms with E-state index in [1.807, 2.05) is 36.4 Å². The highest BCUT2D eigenvalue weighted by Gasteiger charge is 2.23. The summed E-state index contributed by atoms with van der Waals surface area (Å²) in [5.74, 6) is 1.69. The van der Waals surface area contributed by atoms with Crippen molar-refractivity contribution in [1.29, 1.82) is 0 Å². The molecule has 0 saturated heterocycles. The van der Waals surface area contributed by atoms with Gasteiger partial charge in [-0.05, 0) is 24.3 Å². The number of hydrogen-bond donors (Lipinski definition) is 0. The predicted molar refractivity (Wildman–Crippen MR) is 89.9 cm³/mol. The average molecular weight is 345 g/mol. The van der Waals surface area contributed by atoms with E-state index in [4.69, 9.17) is 9.47 Å². The smallest absolute Gasteiger partial charge is 0.254 e. The Morgan fingerprint density at radius 3 is 2.08 bits per heavy atom. The van der Waals surface area contributed by atoms with Crippen molar-refractivity contribution in [2.75, 3.05) is 14.2 Å². The highest BCUT2D eigenvalue weighted by atomic mass is 35.5. The summed E-state index contributed by atoms with van der Waals surface area (Å²) in [6.45, 7) is 4.21. The summed E-state index contributed by atoms with van der Waals surface area (Å²) >= 11 is 0. The number of benzene rings is 2. The van der Waals surface area contributed by atoms with Crippen molar-refractivity contribution >= 4 is 0 Å². The van der Waals surface area contributed by atoms with Gasteiger partial charge < -0.3 is 21.9 Å². The van der Waals surface area contributed by atoms with Gasteiger partial charge in [-0.25, -0.2) is 0 Å². The number of nitrogens with zero attached hydrogens (tertiary/aromatic N) is 2. The number of aromatic nitrogens is 2. The standard InChI is InChI=1S/C19H21N2O2.ClH/c1-14-15(2)21(17-10-6-8-12-19(17)23-4)13-20(14)16-9-5-7-11-18(16)22-3;/h5-13H,1-4H3;1H/q+1;/p-1. The number of ether oxygens (including phenoxy) is 2. The molecule has 1 heterocycles. The number of hydrogen-bond acceptors (Lipinski definition) is 2. The zero-order chi connectivity index (χ0) is 16.4. The molecule has 0 fully saturated rings. The summed E-state index contributed by atoms with van der Waals surface area (Å²) in [4.78, 5) is 0. The fourth-order valence-corrected chi connectivity index (χ4v) is 2.78. The molecule has 0 N–H and O–H groups in total. The number of imidazole rings is 1. The maximum absolute atomic E-state index is 5.50. The molecule has 0 atom stereocenters. The van der Waals surface area contributed by atoms with Crippen molar-refractivity contribution in [3.05, 3.63) is 66.2 Å². The Kier molecular flexibility index (Phi) is 5.52. The lowest BCUT2D eigenvalue weighted by Gasteiger charge is -2.05. The van der Waals surface area contributed by atoms with Gasteiger partial charge in [-0.3, -0.25) is 0 Å². The van der Waals surface area contributed by atoms with Gasteiger partial charge in [-0.1, -0.05) is 24.3 Å². The van der Waals surface area contributed by atoms with E-state index in [2.05, 4.69) is 41.4 Å². The molecule has 2 aromatic carbocycles. The molecule has 0 saturated carbocycles. The summed E-state index contributed by atoms with van der Waals surface area (Å²) in [5, 5.41) is 0. The van der Waals surface area contributed by atoms with Gasteiger partial charge in [0, 0.05) is 13.8 Å². The molecule has 4 nitrogen and oxygen atoms in total. The number of methoxy groups -OCH3 is 2. The Morgan fingerprint density at radius 1 is 0.833 bits per heavy atom. The third-order valence-electron chi connectivity index (χ3n) is 4.17. The quantitative estimate of drug-likeness (QED) is 0.640. The molecular formula is C19H21ClN2O2. The normalized spacial score (nSPS) is 10.2. The van der Waals surface area contributed by atoms with Gasteiger partial charge in [-0.2, -0.15) is 9.13 Å². The van der Waals surface area contributed by atoms with Crippen LogP contribution in [0.15, 0.2) is 54.9 Å². The monoisotopic (exact) mass is 344 g/mol. The van der Waals surface area contributed by atoms with Crippen molar-refractivity contribution in [2.45, 2.75) is 13.8 Å². The first-order valence-electron chi connectivity index (χ1n) is 7.54. The minimum atomic E-state index is 0. The van der Waals surface area contributed by atoms with Gasteiger partial charge in [0.05, 0.1) is 14.2 Å². The fraction of sp³-hybridized carbons (Fsp3) is 0.211. The van der Waals surface area contributed by atoms with Crippen molar-refractivity contribution in [1.82, 2.24) is 4.57 Å². The van der Waals surface area contributed by atoms with Gasteiger partial charge in [0.2, 0.25) is 0 Å². The Bertz CT molecular complexity index is 775. The first-order chi connectivity index (χ1) is 11.2. The molecule has 0 aliphatic rings. The van der Waals surface area contributed by atoms with Crippen molar-refractivity contribution in [3.8, 4) is 22.9 Å². The van der Waals surface area contributed by atoms with Crippen molar-refractivity contribution in [3.63, 3.8) is 0 Å². The molecule has 0 radical (unpaired) electrons. The van der Waals surface area contributed by atoms with E-state index >= 15 is 0 Å². The van der Waals surface area contributed by atoms with Crippen LogP contribution in [0.5, 0.6) is 11.5 Å². The molecule has 0 amide bonds. The van der Waals surface area contributed by atoms with Gasteiger partial charge in [0.15, 0.2) is 22.9 Å². The largest absolute Gasteiger partial charge is 1.00 e. The number of para-hydroxylation sites is 4. The van der Waals surface area contributed by atoms with E-state index in [0.717, 1.165) is 34.3 Å². The molecular weight excluding hydrogens is 324 g/mol. The van der Waals surface area contributed by atoms with Crippen LogP contribution in [0.4, 0.5) is 0 Å². The van der Waals surface area contributed by atoms with Crippen LogP contribution >= 0.6 is 0 Å². The molecule has 3 rings (SSSR count). The van der Waals surface area contributed by atoms with Crippen LogP contribution in [0.1, 0.15) is 11.4 Å². The van der Waals surface area contributed by atoms with Crippen LogP contribution in [0.2, 0.25) is 0 Å². The zero-order valence-electron chi connectivity index (χ0n) is 14.3. The minimum absolute atomic E-state index is 0. The SMILES string of the molecule is COc1ccccc1-n1c[n+](-c2ccccc2OC)c(C)c1C.[Cl-]. The van der Waals surface area contributed by atoms with Crippen LogP contribution in [0, 0.1) is 13.8 Å². The lowest BCUT2D eigenvalue weighted by Crippen LogP contribution is -3.00. The van der Waals surface area contributed by atoms with Crippen LogP contribution in [-0.4, -0.2) is 18.8 Å². The molecule has 0 aliphatic carbocycles. The fourth-order valence-electron chi connectivity index (χ4n) is 2.78. The lowest BCUT2D eigenvalue weighted by atomic mass is 10.2. The van der Waals surface area contributed by atoms with Gasteiger partial charge in [0.1, 0.15) is 11.4 Å². The minimum Gasteiger partial charge on any atom is -1.00 e. The molecule has 0 spiro atoms. The average Bonchev–Trinajstić information content (AvgIpc) is 2.90. The third-order valence-corrected chi connectivity index (χ3v) is 4.17. The van der Waals surface area contributed by atoms with Crippen LogP contribution in [0.25, 0.3) is 11.4 Å². The second-order valence-corrected chi connectivity index (χ2v) is 5.37. The van der Waals surface area contributed by atoms with Crippen LogP contribution in [-0.2, 0) is 0 Å². The Labute approximate surface area is 148 Å². The summed E-state index contributed by atoms with van der Waals surface area (Å²) < 4.78 is 15.3. The zero-order valence-corrected chi connectivity index (χ0v) is 15.0. The van der Waals surface area contributed by atoms with Crippen LogP contribution in [0.3, 0.4) is 0 Å². The predicted octanol–water partition coefficient (Wildman–Crippen LogP) is 0.392. The maximum Gasteiger partial charge on any atom is 0.254 e. The molecule has 0 aliphatic heterocycles. The Balaban J connectivity index is 0.00000208. The molecule has 126 valence electrons. The Hall–Kier alpha value is -2.46. The topological polar surface area (TPSA) is 27.3 Å². The lowest BCUT2D eigenvalue weighted by molar-refractivity contribution is -0.602. The van der Waals surface area contributed by atoms with Crippen molar-refractivity contribution < 1.29 is 26.4 Å². The van der Waals surface area contributed by atoms with Gasteiger partial charge in [-0.15, -0.1) is 0 Å². The summed E-state index contributed by atoms with van der Waals surface area (Å²) in [7, 11) is 3.39. The first kappa shape index (κ1) is 17.9. The summed E-state index contributed by atoms with van der Waals surface area (Å²) in [6.07, 6.45) is 2.07. The summed E-state index contributed by atoms with van der Waals surface area (Å²) in [6, 6.07) is 16.0. The van der Waals surface area contributed by atoms with E-state index in [0.29, 0.717) is 0 Å². The second kappa shape index (κ2) is 7.41. The molecule has 3 aromatic rings. The van der Waals surface area contributed by atoms with E-state index in [9.17, 15) is 0 Å². The number of halogens is 1. The second-order valence-electron chi connectivity index (χ2n) is 5.37. The number of rotatable bonds is 4. The highest BCUT2D eigenvalue weighted by molar-refractivity contribution is 5.48. The van der Waals surface area contributed by atoms with E-state index in [-0.39, 0.29) is 12.4 Å². The Morgan fingerprint density at radius 2 is 1.42 bits per heavy atom. The molecule has 1 aromatic heterocycles. The van der Waals surface area contributed by atoms with Crippen LogP contribution < -0.4 is 26.4 Å². The van der Waals surface area contributed by atoms with E-state index in [1.54, 1.807) is 14.2 Å². The van der Waals surface area contributed by atoms with E-state index in [1.165, 1.54) is 0 Å².